The number of carbonyl (C=O) groups is 4. The molecule has 0 aromatic rings. The molecule has 48 heavy (non-hydrogen) atoms. The van der Waals surface area contributed by atoms with E-state index in [1.165, 1.54) is 21.0 Å². The van der Waals surface area contributed by atoms with E-state index in [1.54, 1.807) is 39.5 Å². The Hall–Kier alpha value is -2.12. The number of hydrogen-bond donors (Lipinski definition) is 2. The Labute approximate surface area is 286 Å². The molecule has 3 N–H and O–H groups in total. The van der Waals surface area contributed by atoms with Gasteiger partial charge >= 0.3 is 12.1 Å². The molecule has 12 heteroatoms. The van der Waals surface area contributed by atoms with Crippen LogP contribution in [0.5, 0.6) is 0 Å². The van der Waals surface area contributed by atoms with Gasteiger partial charge in [-0.1, -0.05) is 41.5 Å². The molecule has 11 unspecified atom stereocenters. The Morgan fingerprint density at radius 3 is 2.17 bits per heavy atom. The van der Waals surface area contributed by atoms with Gasteiger partial charge in [0, 0.05) is 30.9 Å². The Morgan fingerprint density at radius 1 is 1.04 bits per heavy atom. The van der Waals surface area contributed by atoms with Gasteiger partial charge in [-0.05, 0) is 79.4 Å². The Balaban J connectivity index is 2.11. The number of likely N-dealkylation sites (N-methyl/N-ethyl adjacent to an activating group) is 1. The van der Waals surface area contributed by atoms with Crippen LogP contribution in [0.15, 0.2) is 0 Å². The van der Waals surface area contributed by atoms with Crippen molar-refractivity contribution in [3.63, 3.8) is 0 Å². The van der Waals surface area contributed by atoms with E-state index < -0.39 is 94.1 Å². The van der Waals surface area contributed by atoms with E-state index in [0.29, 0.717) is 6.42 Å². The molecule has 4 aliphatic rings. The van der Waals surface area contributed by atoms with E-state index in [1.807, 2.05) is 32.8 Å². The maximum atomic E-state index is 14.7. The van der Waals surface area contributed by atoms with Gasteiger partial charge in [-0.3, -0.25) is 19.3 Å². The molecule has 1 saturated carbocycles. The van der Waals surface area contributed by atoms with Gasteiger partial charge < -0.3 is 34.7 Å². The van der Waals surface area contributed by atoms with Gasteiger partial charge in [0.1, 0.15) is 22.9 Å². The number of esters is 1. The minimum absolute atomic E-state index is 0.0662. The van der Waals surface area contributed by atoms with Gasteiger partial charge in [0.25, 0.3) is 0 Å². The number of cyclic esters (lactones) is 1. The number of carbonyl (C=O) groups excluding carboxylic acids is 4. The minimum atomic E-state index is -1.62. The number of Topliss-reactive ketones (excluding diaryl/α,β-unsaturated/α-hetero) is 2. The van der Waals surface area contributed by atoms with Crippen molar-refractivity contribution >= 4 is 23.6 Å². The summed E-state index contributed by atoms with van der Waals surface area (Å²) in [7, 11) is 5.31. The molecular weight excluding hydrogens is 618 g/mol. The number of nitrogens with two attached hydrogens (primary N) is 1. The first-order valence-corrected chi connectivity index (χ1v) is 17.7. The number of methoxy groups -OCH3 is 1. The van der Waals surface area contributed by atoms with Crippen LogP contribution in [0, 0.1) is 35.0 Å². The lowest BCUT2D eigenvalue weighted by molar-refractivity contribution is -0.262. The fourth-order valence-corrected chi connectivity index (χ4v) is 10.2. The largest absolute Gasteiger partial charge is 0.457 e. The fourth-order valence-electron chi connectivity index (χ4n) is 10.2. The Morgan fingerprint density at radius 2 is 1.65 bits per heavy atom. The first-order valence-electron chi connectivity index (χ1n) is 17.7. The van der Waals surface area contributed by atoms with Crippen molar-refractivity contribution in [1.82, 2.24) is 9.80 Å². The highest BCUT2D eigenvalue weighted by molar-refractivity contribution is 6.04. The summed E-state index contributed by atoms with van der Waals surface area (Å²) in [4.78, 5) is 61.4. The van der Waals surface area contributed by atoms with E-state index >= 15 is 0 Å². The van der Waals surface area contributed by atoms with Crippen LogP contribution in [0.3, 0.4) is 0 Å². The molecule has 4 rings (SSSR count). The summed E-state index contributed by atoms with van der Waals surface area (Å²) >= 11 is 0. The number of ether oxygens (including phenoxy) is 4. The molecule has 3 heterocycles. The highest BCUT2D eigenvalue weighted by Crippen LogP contribution is 2.58. The zero-order valence-electron chi connectivity index (χ0n) is 31.4. The summed E-state index contributed by atoms with van der Waals surface area (Å²) in [6, 6.07) is -1.07. The monoisotopic (exact) mass is 679 g/mol. The quantitative estimate of drug-likeness (QED) is 0.301. The standard InChI is InChI=1S/C36H61N3O9/c1-14-25-34(9)28-20(4)26(40)22(6)36(19(3)17-37,39(28)32(44)48-34)35(10,45-13)30(21(5)29(42)33(7,8)31(43)47-25)46-24-16-18(2)15-23(27(24)41)38(11)12/h18-25,27-28,30,41H,14-17,37H2,1-13H3/t18?,19?,20?,21-,22-,23?,24?,25+,27?,28?,30?,34?,35?,36?/m0/s1. The number of piperidine rings is 1. The lowest BCUT2D eigenvalue weighted by Crippen LogP contribution is -2.82. The molecule has 3 saturated heterocycles. The number of nitrogens with zero attached hydrogens (tertiary/aromatic N) is 2. The number of ketones is 2. The Bertz CT molecular complexity index is 1270. The molecule has 12 nitrogen and oxygen atoms in total. The summed E-state index contributed by atoms with van der Waals surface area (Å²) in [5.41, 5.74) is 0.357. The van der Waals surface area contributed by atoms with E-state index in [-0.39, 0.29) is 30.7 Å². The van der Waals surface area contributed by atoms with Crippen molar-refractivity contribution in [3.05, 3.63) is 0 Å². The molecule has 3 aliphatic heterocycles. The van der Waals surface area contributed by atoms with Crippen LogP contribution in [-0.4, -0.2) is 120 Å². The van der Waals surface area contributed by atoms with Crippen molar-refractivity contribution in [1.29, 1.82) is 0 Å². The highest BCUT2D eigenvalue weighted by Gasteiger charge is 2.76. The number of rotatable bonds is 7. The molecule has 0 aromatic carbocycles. The van der Waals surface area contributed by atoms with E-state index in [0.717, 1.165) is 6.42 Å². The fraction of sp³-hybridized carbons (Fsp3) is 0.889. The molecule has 4 fully saturated rings. The first-order chi connectivity index (χ1) is 22.1. The summed E-state index contributed by atoms with van der Waals surface area (Å²) in [6.07, 6.45) is -2.90. The van der Waals surface area contributed by atoms with Crippen molar-refractivity contribution in [2.24, 2.45) is 40.7 Å². The molecule has 4 bridgehead atoms. The zero-order chi connectivity index (χ0) is 36.5. The predicted octanol–water partition coefficient (Wildman–Crippen LogP) is 3.20. The van der Waals surface area contributed by atoms with Crippen molar-refractivity contribution in [2.75, 3.05) is 27.7 Å². The third-order valence-corrected chi connectivity index (χ3v) is 12.9. The molecule has 0 aromatic heterocycles. The van der Waals surface area contributed by atoms with Gasteiger partial charge in [-0.25, -0.2) is 4.79 Å². The van der Waals surface area contributed by atoms with Crippen LogP contribution < -0.4 is 5.73 Å². The van der Waals surface area contributed by atoms with E-state index in [9.17, 15) is 24.3 Å². The summed E-state index contributed by atoms with van der Waals surface area (Å²) in [5.74, 6) is -4.27. The summed E-state index contributed by atoms with van der Waals surface area (Å²) in [6.45, 7) is 17.7. The number of aliphatic hydroxyl groups is 1. The SMILES string of the molecule is CC[C@H]1OC(=O)C(C)(C)C(=O)[C@H](C)C(OC2CC(C)CC(N(C)C)C2O)C(C)(OC)C2(C(C)CN)[C@@H](C)C(=O)C(C)C3N2C(=O)OC31C. The van der Waals surface area contributed by atoms with Crippen LogP contribution in [0.25, 0.3) is 0 Å². The predicted molar refractivity (Wildman–Crippen MR) is 179 cm³/mol. The summed E-state index contributed by atoms with van der Waals surface area (Å²) in [5, 5.41) is 11.7. The van der Waals surface area contributed by atoms with Crippen LogP contribution in [0.2, 0.25) is 0 Å². The van der Waals surface area contributed by atoms with Crippen LogP contribution in [-0.2, 0) is 33.3 Å². The van der Waals surface area contributed by atoms with Gasteiger partial charge in [0.2, 0.25) is 0 Å². The van der Waals surface area contributed by atoms with Crippen molar-refractivity contribution in [2.45, 2.75) is 142 Å². The molecular formula is C36H61N3O9. The lowest BCUT2D eigenvalue weighted by atomic mass is 9.54. The third-order valence-electron chi connectivity index (χ3n) is 12.9. The Kier molecular flexibility index (Phi) is 10.6. The molecule has 274 valence electrons. The average molecular weight is 680 g/mol. The van der Waals surface area contributed by atoms with Crippen molar-refractivity contribution in [3.8, 4) is 0 Å². The smallest absolute Gasteiger partial charge is 0.411 e. The third kappa shape index (κ3) is 5.34. The first kappa shape index (κ1) is 38.7. The average Bonchev–Trinajstić information content (AvgIpc) is 3.31. The maximum absolute atomic E-state index is 14.7. The lowest BCUT2D eigenvalue weighted by Gasteiger charge is -2.65. The van der Waals surface area contributed by atoms with Crippen molar-refractivity contribution < 1.29 is 43.2 Å². The van der Waals surface area contributed by atoms with Gasteiger partial charge in [0.05, 0.1) is 29.9 Å². The normalized spacial score (nSPS) is 45.7. The van der Waals surface area contributed by atoms with Gasteiger partial charge in [-0.2, -0.15) is 0 Å². The second-order valence-electron chi connectivity index (χ2n) is 16.3. The minimum Gasteiger partial charge on any atom is -0.457 e. The number of hydrogen-bond acceptors (Lipinski definition) is 11. The maximum Gasteiger partial charge on any atom is 0.411 e. The van der Waals surface area contributed by atoms with Crippen LogP contribution >= 0.6 is 0 Å². The second kappa shape index (κ2) is 13.2. The molecule has 1 aliphatic carbocycles. The molecule has 14 atom stereocenters. The molecule has 0 radical (unpaired) electrons. The summed E-state index contributed by atoms with van der Waals surface area (Å²) < 4.78 is 26.0. The van der Waals surface area contributed by atoms with Crippen LogP contribution in [0.1, 0.15) is 88.5 Å². The van der Waals surface area contributed by atoms with Gasteiger partial charge in [-0.15, -0.1) is 0 Å². The van der Waals surface area contributed by atoms with Crippen LogP contribution in [0.4, 0.5) is 4.79 Å². The van der Waals surface area contributed by atoms with Gasteiger partial charge in [0.15, 0.2) is 11.4 Å². The zero-order valence-corrected chi connectivity index (χ0v) is 31.4. The molecule has 0 spiro atoms. The van der Waals surface area contributed by atoms with E-state index in [2.05, 4.69) is 6.92 Å². The highest BCUT2D eigenvalue weighted by atomic mass is 16.6. The number of amides is 1. The molecule has 1 amide bonds. The van der Waals surface area contributed by atoms with E-state index in [4.69, 9.17) is 24.7 Å². The second-order valence-corrected chi connectivity index (χ2v) is 16.3. The number of aliphatic hydroxyl groups excluding tert-OH is 1. The topological polar surface area (TPSA) is 158 Å².